The molecule has 0 N–H and O–H groups in total. The number of halogens is 1. The molecule has 0 atom stereocenters. The highest BCUT2D eigenvalue weighted by molar-refractivity contribution is 9.10. The van der Waals surface area contributed by atoms with Crippen molar-refractivity contribution < 1.29 is 0 Å². The van der Waals surface area contributed by atoms with Gasteiger partial charge in [0.2, 0.25) is 0 Å². The largest absolute Gasteiger partial charge is 0.268 e. The van der Waals surface area contributed by atoms with E-state index in [1.165, 1.54) is 28.6 Å². The first kappa shape index (κ1) is 11.0. The molecule has 3 heteroatoms. The van der Waals surface area contributed by atoms with Crippen LogP contribution >= 0.6 is 15.9 Å². The lowest BCUT2D eigenvalue weighted by Crippen LogP contribution is -2.01. The summed E-state index contributed by atoms with van der Waals surface area (Å²) in [5.41, 5.74) is 3.65. The molecule has 0 aliphatic heterocycles. The third-order valence-electron chi connectivity index (χ3n) is 3.24. The fourth-order valence-corrected chi connectivity index (χ4v) is 3.06. The van der Waals surface area contributed by atoms with E-state index in [2.05, 4.69) is 51.8 Å². The molecule has 1 saturated carbocycles. The van der Waals surface area contributed by atoms with Crippen LogP contribution in [0, 0.1) is 0 Å². The average Bonchev–Trinajstić information content (AvgIpc) is 3.14. The van der Waals surface area contributed by atoms with Crippen LogP contribution < -0.4 is 0 Å². The maximum absolute atomic E-state index is 4.73. The predicted octanol–water partition coefficient (Wildman–Crippen LogP) is 4.21. The Balaban J connectivity index is 2.12. The highest BCUT2D eigenvalue weighted by atomic mass is 79.9. The van der Waals surface area contributed by atoms with E-state index in [0.717, 1.165) is 12.2 Å². The molecular formula is C14H15BrN2. The molecule has 0 unspecified atom stereocenters. The summed E-state index contributed by atoms with van der Waals surface area (Å²) in [7, 11) is 0. The van der Waals surface area contributed by atoms with Crippen LogP contribution in [0.2, 0.25) is 0 Å². The minimum absolute atomic E-state index is 0.717. The Morgan fingerprint density at radius 3 is 2.59 bits per heavy atom. The van der Waals surface area contributed by atoms with Gasteiger partial charge >= 0.3 is 0 Å². The number of aryl methyl sites for hydroxylation is 1. The van der Waals surface area contributed by atoms with Gasteiger partial charge < -0.3 is 0 Å². The molecule has 2 aromatic rings. The van der Waals surface area contributed by atoms with Crippen molar-refractivity contribution in [3.8, 4) is 11.3 Å². The van der Waals surface area contributed by atoms with Gasteiger partial charge in [0, 0.05) is 18.0 Å². The molecule has 88 valence electrons. The Bertz CT molecular complexity index is 527. The summed E-state index contributed by atoms with van der Waals surface area (Å²) < 4.78 is 3.33. The summed E-state index contributed by atoms with van der Waals surface area (Å²) >= 11 is 3.74. The number of hydrogen-bond acceptors (Lipinski definition) is 1. The number of nitrogens with zero attached hydrogens (tertiary/aromatic N) is 2. The van der Waals surface area contributed by atoms with E-state index in [1.807, 2.05) is 6.07 Å². The van der Waals surface area contributed by atoms with Crippen LogP contribution in [0.3, 0.4) is 0 Å². The molecule has 1 aromatic carbocycles. The highest BCUT2D eigenvalue weighted by Gasteiger charge is 2.31. The first-order valence-electron chi connectivity index (χ1n) is 6.13. The van der Waals surface area contributed by atoms with Gasteiger partial charge in [-0.3, -0.25) is 4.68 Å². The molecule has 1 aliphatic carbocycles. The van der Waals surface area contributed by atoms with Gasteiger partial charge in [0.1, 0.15) is 5.69 Å². The van der Waals surface area contributed by atoms with E-state index >= 15 is 0 Å². The lowest BCUT2D eigenvalue weighted by atomic mass is 10.1. The van der Waals surface area contributed by atoms with Crippen molar-refractivity contribution in [2.24, 2.45) is 0 Å². The second-order valence-electron chi connectivity index (χ2n) is 4.50. The van der Waals surface area contributed by atoms with Gasteiger partial charge in [-0.15, -0.1) is 0 Å². The van der Waals surface area contributed by atoms with Crippen molar-refractivity contribution in [3.05, 3.63) is 40.5 Å². The maximum Gasteiger partial charge on any atom is 0.107 e. The van der Waals surface area contributed by atoms with Gasteiger partial charge in [0.05, 0.1) is 10.2 Å². The van der Waals surface area contributed by atoms with E-state index in [1.54, 1.807) is 0 Å². The lowest BCUT2D eigenvalue weighted by molar-refractivity contribution is 0.624. The Morgan fingerprint density at radius 2 is 2.00 bits per heavy atom. The third kappa shape index (κ3) is 1.93. The van der Waals surface area contributed by atoms with E-state index < -0.39 is 0 Å². The second-order valence-corrected chi connectivity index (χ2v) is 5.30. The summed E-state index contributed by atoms with van der Waals surface area (Å²) in [6, 6.07) is 10.4. The molecule has 0 saturated heterocycles. The second kappa shape index (κ2) is 4.30. The molecule has 2 nitrogen and oxygen atoms in total. The van der Waals surface area contributed by atoms with Crippen molar-refractivity contribution >= 4 is 15.9 Å². The minimum Gasteiger partial charge on any atom is -0.268 e. The fraction of sp³-hybridized carbons (Fsp3) is 0.357. The minimum atomic E-state index is 0.717. The molecule has 3 rings (SSSR count). The molecule has 1 fully saturated rings. The number of aromatic nitrogens is 2. The first-order chi connectivity index (χ1) is 8.31. The predicted molar refractivity (Wildman–Crippen MR) is 73.0 cm³/mol. The van der Waals surface area contributed by atoms with E-state index in [4.69, 9.17) is 5.10 Å². The molecule has 17 heavy (non-hydrogen) atoms. The molecule has 0 radical (unpaired) electrons. The zero-order chi connectivity index (χ0) is 11.8. The number of rotatable bonds is 3. The van der Waals surface area contributed by atoms with E-state index in [-0.39, 0.29) is 0 Å². The smallest absolute Gasteiger partial charge is 0.107 e. The van der Waals surface area contributed by atoms with Gasteiger partial charge in [0.25, 0.3) is 0 Å². The Hall–Kier alpha value is -1.09. The van der Waals surface area contributed by atoms with Crippen molar-refractivity contribution in [1.29, 1.82) is 0 Å². The summed E-state index contributed by atoms with van der Waals surface area (Å²) in [5.74, 6) is 0.717. The molecular weight excluding hydrogens is 276 g/mol. The summed E-state index contributed by atoms with van der Waals surface area (Å²) in [4.78, 5) is 0. The molecule has 1 heterocycles. The monoisotopic (exact) mass is 290 g/mol. The van der Waals surface area contributed by atoms with E-state index in [9.17, 15) is 0 Å². The standard InChI is InChI=1S/C14H15BrN2/c1-2-17-14(11-8-9-11)12(15)13(16-17)10-6-4-3-5-7-10/h3-7,11H,2,8-9H2,1H3. The van der Waals surface area contributed by atoms with Gasteiger partial charge in [-0.05, 0) is 35.7 Å². The van der Waals surface area contributed by atoms with Crippen molar-refractivity contribution in [2.45, 2.75) is 32.2 Å². The third-order valence-corrected chi connectivity index (χ3v) is 4.02. The van der Waals surface area contributed by atoms with Crippen LogP contribution in [0.25, 0.3) is 11.3 Å². The van der Waals surface area contributed by atoms with Crippen LogP contribution in [-0.4, -0.2) is 9.78 Å². The van der Waals surface area contributed by atoms with Gasteiger partial charge in [-0.25, -0.2) is 0 Å². The normalized spacial score (nSPS) is 15.2. The zero-order valence-corrected chi connectivity index (χ0v) is 11.4. The first-order valence-corrected chi connectivity index (χ1v) is 6.92. The Morgan fingerprint density at radius 1 is 1.29 bits per heavy atom. The molecule has 1 aliphatic rings. The van der Waals surface area contributed by atoms with Crippen LogP contribution in [0.15, 0.2) is 34.8 Å². The summed E-state index contributed by atoms with van der Waals surface area (Å²) in [5, 5.41) is 4.73. The molecule has 0 amide bonds. The van der Waals surface area contributed by atoms with Crippen LogP contribution in [-0.2, 0) is 6.54 Å². The van der Waals surface area contributed by atoms with Crippen molar-refractivity contribution in [2.75, 3.05) is 0 Å². The van der Waals surface area contributed by atoms with Crippen LogP contribution in [0.4, 0.5) is 0 Å². The quantitative estimate of drug-likeness (QED) is 0.828. The zero-order valence-electron chi connectivity index (χ0n) is 9.86. The van der Waals surface area contributed by atoms with Crippen LogP contribution in [0.1, 0.15) is 31.4 Å². The van der Waals surface area contributed by atoms with Gasteiger partial charge in [0.15, 0.2) is 0 Å². The average molecular weight is 291 g/mol. The molecule has 0 bridgehead atoms. The Kier molecular flexibility index (Phi) is 2.79. The number of hydrogen-bond donors (Lipinski definition) is 0. The van der Waals surface area contributed by atoms with E-state index in [0.29, 0.717) is 5.92 Å². The summed E-state index contributed by atoms with van der Waals surface area (Å²) in [6.45, 7) is 3.09. The SMILES string of the molecule is CCn1nc(-c2ccccc2)c(Br)c1C1CC1. The summed E-state index contributed by atoms with van der Waals surface area (Å²) in [6.07, 6.45) is 2.61. The van der Waals surface area contributed by atoms with Gasteiger partial charge in [-0.2, -0.15) is 5.10 Å². The topological polar surface area (TPSA) is 17.8 Å². The Labute approximate surface area is 110 Å². The molecule has 1 aromatic heterocycles. The van der Waals surface area contributed by atoms with Crippen molar-refractivity contribution in [3.63, 3.8) is 0 Å². The van der Waals surface area contributed by atoms with Gasteiger partial charge in [-0.1, -0.05) is 30.3 Å². The number of benzene rings is 1. The molecule has 0 spiro atoms. The maximum atomic E-state index is 4.73. The highest BCUT2D eigenvalue weighted by Crippen LogP contribution is 2.45. The van der Waals surface area contributed by atoms with Crippen LogP contribution in [0.5, 0.6) is 0 Å². The van der Waals surface area contributed by atoms with Crippen molar-refractivity contribution in [1.82, 2.24) is 9.78 Å². The fourth-order valence-electron chi connectivity index (χ4n) is 2.22. The lowest BCUT2D eigenvalue weighted by Gasteiger charge is -2.01.